The van der Waals surface area contributed by atoms with Crippen LogP contribution in [0.5, 0.6) is 0 Å². The van der Waals surface area contributed by atoms with E-state index >= 15 is 0 Å². The zero-order chi connectivity index (χ0) is 12.3. The molecule has 0 radical (unpaired) electrons. The quantitative estimate of drug-likeness (QED) is 0.706. The van der Waals surface area contributed by atoms with Gasteiger partial charge in [-0.15, -0.1) is 0 Å². The van der Waals surface area contributed by atoms with Crippen LogP contribution in [0.15, 0.2) is 0 Å². The Labute approximate surface area is 100 Å². The highest BCUT2D eigenvalue weighted by Gasteiger charge is 2.29. The summed E-state index contributed by atoms with van der Waals surface area (Å²) in [5, 5.41) is 0. The van der Waals surface area contributed by atoms with Crippen LogP contribution in [-0.2, 0) is 4.79 Å². The minimum Gasteiger partial charge on any atom is -0.342 e. The van der Waals surface area contributed by atoms with Gasteiger partial charge < -0.3 is 4.90 Å². The van der Waals surface area contributed by atoms with Crippen molar-refractivity contribution in [2.45, 2.75) is 53.9 Å². The normalized spacial score (nSPS) is 23.8. The van der Waals surface area contributed by atoms with Crippen molar-refractivity contribution in [1.82, 2.24) is 4.90 Å². The second-order valence-electron chi connectivity index (χ2n) is 6.62. The molecule has 0 aromatic carbocycles. The van der Waals surface area contributed by atoms with E-state index in [9.17, 15) is 4.79 Å². The van der Waals surface area contributed by atoms with E-state index in [0.29, 0.717) is 23.2 Å². The lowest BCUT2D eigenvalue weighted by Crippen LogP contribution is -2.33. The molecule has 0 aromatic heterocycles. The first kappa shape index (κ1) is 13.5. The molecule has 1 heterocycles. The molecule has 1 amide bonds. The van der Waals surface area contributed by atoms with Crippen LogP contribution in [0.25, 0.3) is 0 Å². The second kappa shape index (κ2) is 5.20. The molecule has 0 bridgehead atoms. The lowest BCUT2D eigenvalue weighted by atomic mass is 9.77. The molecule has 1 unspecified atom stereocenters. The van der Waals surface area contributed by atoms with Crippen molar-refractivity contribution in [3.63, 3.8) is 0 Å². The van der Waals surface area contributed by atoms with Gasteiger partial charge in [0, 0.05) is 19.5 Å². The third-order valence-electron chi connectivity index (χ3n) is 3.62. The van der Waals surface area contributed by atoms with Gasteiger partial charge in [0.1, 0.15) is 0 Å². The van der Waals surface area contributed by atoms with E-state index < -0.39 is 0 Å². The van der Waals surface area contributed by atoms with Crippen LogP contribution in [-0.4, -0.2) is 23.9 Å². The molecule has 1 atom stereocenters. The van der Waals surface area contributed by atoms with Crippen molar-refractivity contribution >= 4 is 5.91 Å². The Kier molecular flexibility index (Phi) is 4.40. The Hall–Kier alpha value is -0.530. The van der Waals surface area contributed by atoms with Crippen LogP contribution < -0.4 is 0 Å². The summed E-state index contributed by atoms with van der Waals surface area (Å²) in [5.74, 6) is 1.63. The topological polar surface area (TPSA) is 20.3 Å². The highest BCUT2D eigenvalue weighted by molar-refractivity contribution is 5.76. The fraction of sp³-hybridized carbons (Fsp3) is 0.929. The maximum absolute atomic E-state index is 11.9. The smallest absolute Gasteiger partial charge is 0.222 e. The Morgan fingerprint density at radius 3 is 2.44 bits per heavy atom. The fourth-order valence-corrected chi connectivity index (χ4v) is 2.54. The molecule has 94 valence electrons. The van der Waals surface area contributed by atoms with E-state index in [2.05, 4.69) is 39.5 Å². The number of amides is 1. The summed E-state index contributed by atoms with van der Waals surface area (Å²) in [4.78, 5) is 14.0. The minimum absolute atomic E-state index is 0.341. The van der Waals surface area contributed by atoms with Gasteiger partial charge in [0.25, 0.3) is 0 Å². The molecule has 1 rings (SSSR count). The van der Waals surface area contributed by atoms with Gasteiger partial charge >= 0.3 is 0 Å². The van der Waals surface area contributed by atoms with Gasteiger partial charge in [-0.1, -0.05) is 34.6 Å². The summed E-state index contributed by atoms with van der Waals surface area (Å²) in [7, 11) is 0. The summed E-state index contributed by atoms with van der Waals surface area (Å²) < 4.78 is 0. The van der Waals surface area contributed by atoms with Crippen LogP contribution in [0, 0.1) is 17.3 Å². The summed E-state index contributed by atoms with van der Waals surface area (Å²) in [6.07, 6.45) is 2.98. The zero-order valence-corrected chi connectivity index (χ0v) is 11.5. The maximum Gasteiger partial charge on any atom is 0.222 e. The molecule has 0 saturated carbocycles. The number of carbonyl (C=O) groups is 1. The predicted octanol–water partition coefficient (Wildman–Crippen LogP) is 3.32. The van der Waals surface area contributed by atoms with Crippen LogP contribution in [0.2, 0.25) is 0 Å². The van der Waals surface area contributed by atoms with E-state index in [1.165, 1.54) is 6.42 Å². The Balaban J connectivity index is 2.59. The molecule has 0 aromatic rings. The molecule has 0 aliphatic carbocycles. The van der Waals surface area contributed by atoms with Crippen LogP contribution in [0.4, 0.5) is 0 Å². The molecule has 1 fully saturated rings. The molecular weight excluding hydrogens is 198 g/mol. The molecule has 1 saturated heterocycles. The molecular formula is C14H27NO. The third-order valence-corrected chi connectivity index (χ3v) is 3.62. The van der Waals surface area contributed by atoms with Gasteiger partial charge in [-0.3, -0.25) is 4.79 Å². The van der Waals surface area contributed by atoms with Crippen molar-refractivity contribution in [2.24, 2.45) is 17.3 Å². The second-order valence-corrected chi connectivity index (χ2v) is 6.62. The SMILES string of the molecule is CC(C)CN1CCC(C(C)(C)C)CCC1=O. The number of nitrogens with zero attached hydrogens (tertiary/aromatic N) is 1. The maximum atomic E-state index is 11.9. The first-order chi connectivity index (χ1) is 7.30. The lowest BCUT2D eigenvalue weighted by molar-refractivity contribution is -0.131. The van der Waals surface area contributed by atoms with E-state index in [-0.39, 0.29) is 0 Å². The van der Waals surface area contributed by atoms with E-state index in [1.807, 2.05) is 0 Å². The van der Waals surface area contributed by atoms with Gasteiger partial charge in [-0.25, -0.2) is 0 Å². The van der Waals surface area contributed by atoms with Gasteiger partial charge in [-0.2, -0.15) is 0 Å². The lowest BCUT2D eigenvalue weighted by Gasteiger charge is -2.29. The van der Waals surface area contributed by atoms with Crippen molar-refractivity contribution in [1.29, 1.82) is 0 Å². The van der Waals surface area contributed by atoms with Crippen molar-refractivity contribution in [3.05, 3.63) is 0 Å². The Morgan fingerprint density at radius 1 is 1.31 bits per heavy atom. The van der Waals surface area contributed by atoms with Crippen molar-refractivity contribution in [2.75, 3.05) is 13.1 Å². The molecule has 2 heteroatoms. The van der Waals surface area contributed by atoms with Crippen LogP contribution in [0.3, 0.4) is 0 Å². The summed E-state index contributed by atoms with van der Waals surface area (Å²) in [5.41, 5.74) is 0.341. The largest absolute Gasteiger partial charge is 0.342 e. The monoisotopic (exact) mass is 225 g/mol. The molecule has 16 heavy (non-hydrogen) atoms. The average Bonchev–Trinajstić information content (AvgIpc) is 2.28. The Bertz CT molecular complexity index is 240. The zero-order valence-electron chi connectivity index (χ0n) is 11.5. The Morgan fingerprint density at radius 2 is 1.94 bits per heavy atom. The highest BCUT2D eigenvalue weighted by Crippen LogP contribution is 2.34. The number of hydrogen-bond acceptors (Lipinski definition) is 1. The van der Waals surface area contributed by atoms with E-state index in [4.69, 9.17) is 0 Å². The van der Waals surface area contributed by atoms with Crippen molar-refractivity contribution in [3.8, 4) is 0 Å². The van der Waals surface area contributed by atoms with Crippen molar-refractivity contribution < 1.29 is 4.79 Å². The van der Waals surface area contributed by atoms with E-state index in [0.717, 1.165) is 25.9 Å². The standard InChI is InChI=1S/C14H27NO/c1-11(2)10-15-9-8-12(14(3,4)5)6-7-13(15)16/h11-12H,6-10H2,1-5H3. The third kappa shape index (κ3) is 3.80. The summed E-state index contributed by atoms with van der Waals surface area (Å²) in [6.45, 7) is 13.1. The highest BCUT2D eigenvalue weighted by atomic mass is 16.2. The number of carbonyl (C=O) groups excluding carboxylic acids is 1. The average molecular weight is 225 g/mol. The molecule has 1 aliphatic rings. The number of rotatable bonds is 2. The first-order valence-corrected chi connectivity index (χ1v) is 6.58. The molecule has 0 N–H and O–H groups in total. The molecule has 0 spiro atoms. The molecule has 1 aliphatic heterocycles. The fourth-order valence-electron chi connectivity index (χ4n) is 2.54. The minimum atomic E-state index is 0.341. The van der Waals surface area contributed by atoms with E-state index in [1.54, 1.807) is 0 Å². The first-order valence-electron chi connectivity index (χ1n) is 6.58. The van der Waals surface area contributed by atoms with Gasteiger partial charge in [0.2, 0.25) is 5.91 Å². The number of likely N-dealkylation sites (tertiary alicyclic amines) is 1. The predicted molar refractivity (Wildman–Crippen MR) is 68.2 cm³/mol. The molecule has 2 nitrogen and oxygen atoms in total. The van der Waals surface area contributed by atoms with Crippen LogP contribution >= 0.6 is 0 Å². The van der Waals surface area contributed by atoms with Gasteiger partial charge in [0.05, 0.1) is 0 Å². The van der Waals surface area contributed by atoms with Gasteiger partial charge in [-0.05, 0) is 30.1 Å². The summed E-state index contributed by atoms with van der Waals surface area (Å²) in [6, 6.07) is 0. The van der Waals surface area contributed by atoms with Gasteiger partial charge in [0.15, 0.2) is 0 Å². The van der Waals surface area contributed by atoms with Crippen LogP contribution in [0.1, 0.15) is 53.9 Å². The number of hydrogen-bond donors (Lipinski definition) is 0. The summed E-state index contributed by atoms with van der Waals surface area (Å²) >= 11 is 0.